The summed E-state index contributed by atoms with van der Waals surface area (Å²) in [4.78, 5) is 12.2. The van der Waals surface area contributed by atoms with E-state index in [1.807, 2.05) is 37.3 Å². The summed E-state index contributed by atoms with van der Waals surface area (Å²) in [5.41, 5.74) is 0.812. The van der Waals surface area contributed by atoms with Crippen LogP contribution < -0.4 is 10.6 Å². The van der Waals surface area contributed by atoms with Crippen molar-refractivity contribution in [3.63, 3.8) is 0 Å². The lowest BCUT2D eigenvalue weighted by molar-refractivity contribution is -0.115. The average Bonchev–Trinajstić information content (AvgIpc) is 3.03. The Balaban J connectivity index is 1.50. The Bertz CT molecular complexity index is 656. The Morgan fingerprint density at radius 1 is 1.21 bits per heavy atom. The van der Waals surface area contributed by atoms with Crippen LogP contribution in [0.15, 0.2) is 34.7 Å². The topological polar surface area (TPSA) is 66.9 Å². The molecule has 1 aliphatic carbocycles. The quantitative estimate of drug-likeness (QED) is 0.746. The summed E-state index contributed by atoms with van der Waals surface area (Å²) >= 11 is 2.97. The number of rotatable bonds is 6. The first kappa shape index (κ1) is 17.2. The number of hydrogen-bond donors (Lipinski definition) is 2. The highest BCUT2D eigenvalue weighted by Gasteiger charge is 2.19. The Kier molecular flexibility index (Phi) is 6.09. The Labute approximate surface area is 150 Å². The molecular weight excluding hydrogens is 340 g/mol. The van der Waals surface area contributed by atoms with Crippen LogP contribution in [0.1, 0.15) is 39.0 Å². The van der Waals surface area contributed by atoms with E-state index in [1.165, 1.54) is 55.2 Å². The van der Waals surface area contributed by atoms with E-state index in [9.17, 15) is 4.79 Å². The fourth-order valence-corrected chi connectivity index (χ4v) is 4.68. The molecule has 0 bridgehead atoms. The highest BCUT2D eigenvalue weighted by atomic mass is 32.2. The zero-order chi connectivity index (χ0) is 16.8. The van der Waals surface area contributed by atoms with Gasteiger partial charge in [-0.1, -0.05) is 60.6 Å². The van der Waals surface area contributed by atoms with E-state index >= 15 is 0 Å². The van der Waals surface area contributed by atoms with Crippen LogP contribution in [-0.4, -0.2) is 27.4 Å². The first-order chi connectivity index (χ1) is 11.7. The predicted octanol–water partition coefficient (Wildman–Crippen LogP) is 4.40. The second-order valence-corrected chi connectivity index (χ2v) is 8.53. The monoisotopic (exact) mass is 362 g/mol. The number of nitrogens with zero attached hydrogens (tertiary/aromatic N) is 2. The number of carbonyl (C=O) groups excluding carboxylic acids is 1. The number of anilines is 2. The molecule has 0 radical (unpaired) electrons. The number of nitrogens with one attached hydrogen (secondary N) is 2. The zero-order valence-electron chi connectivity index (χ0n) is 13.7. The minimum absolute atomic E-state index is 0.0248. The molecule has 1 amide bonds. The number of carbonyl (C=O) groups is 1. The SMILES string of the molecule is CC(Sc1nnc(NC2CCCCC2)s1)C(=O)Nc1ccccc1. The van der Waals surface area contributed by atoms with Gasteiger partial charge >= 0.3 is 0 Å². The van der Waals surface area contributed by atoms with Gasteiger partial charge in [0.1, 0.15) is 0 Å². The number of benzene rings is 1. The molecule has 1 aliphatic rings. The third-order valence-electron chi connectivity index (χ3n) is 4.03. The second-order valence-electron chi connectivity index (χ2n) is 5.97. The predicted molar refractivity (Wildman–Crippen MR) is 101 cm³/mol. The van der Waals surface area contributed by atoms with Gasteiger partial charge in [-0.2, -0.15) is 0 Å². The van der Waals surface area contributed by atoms with Crippen LogP contribution in [0.2, 0.25) is 0 Å². The average molecular weight is 363 g/mol. The van der Waals surface area contributed by atoms with Crippen LogP contribution in [0, 0.1) is 0 Å². The Morgan fingerprint density at radius 3 is 2.71 bits per heavy atom. The minimum Gasteiger partial charge on any atom is -0.357 e. The van der Waals surface area contributed by atoms with Gasteiger partial charge in [0.2, 0.25) is 11.0 Å². The van der Waals surface area contributed by atoms with Gasteiger partial charge in [-0.15, -0.1) is 10.2 Å². The summed E-state index contributed by atoms with van der Waals surface area (Å²) in [6.45, 7) is 1.89. The van der Waals surface area contributed by atoms with E-state index in [4.69, 9.17) is 0 Å². The molecular formula is C17H22N4OS2. The first-order valence-corrected chi connectivity index (χ1v) is 10.0. The van der Waals surface area contributed by atoms with Crippen LogP contribution >= 0.6 is 23.1 Å². The molecule has 1 saturated carbocycles. The van der Waals surface area contributed by atoms with Gasteiger partial charge < -0.3 is 10.6 Å². The summed E-state index contributed by atoms with van der Waals surface area (Å²) in [5, 5.41) is 15.4. The second kappa shape index (κ2) is 8.48. The minimum atomic E-state index is -0.222. The number of aromatic nitrogens is 2. The molecule has 1 heterocycles. The Hall–Kier alpha value is -1.60. The molecule has 5 nitrogen and oxygen atoms in total. The van der Waals surface area contributed by atoms with Crippen molar-refractivity contribution in [1.82, 2.24) is 10.2 Å². The van der Waals surface area contributed by atoms with Gasteiger partial charge in [-0.25, -0.2) is 0 Å². The van der Waals surface area contributed by atoms with Crippen LogP contribution in [0.3, 0.4) is 0 Å². The number of amides is 1. The van der Waals surface area contributed by atoms with E-state index in [1.54, 1.807) is 0 Å². The number of thioether (sulfide) groups is 1. The molecule has 3 rings (SSSR count). The van der Waals surface area contributed by atoms with E-state index in [-0.39, 0.29) is 11.2 Å². The van der Waals surface area contributed by atoms with Gasteiger partial charge in [0.25, 0.3) is 0 Å². The maximum Gasteiger partial charge on any atom is 0.237 e. The number of hydrogen-bond acceptors (Lipinski definition) is 6. The summed E-state index contributed by atoms with van der Waals surface area (Å²) in [5.74, 6) is -0.0248. The zero-order valence-corrected chi connectivity index (χ0v) is 15.3. The maximum absolute atomic E-state index is 12.2. The first-order valence-electron chi connectivity index (χ1n) is 8.33. The van der Waals surface area contributed by atoms with Gasteiger partial charge in [-0.3, -0.25) is 4.79 Å². The molecule has 0 spiro atoms. The molecule has 1 fully saturated rings. The van der Waals surface area contributed by atoms with Crippen molar-refractivity contribution in [3.05, 3.63) is 30.3 Å². The molecule has 1 aromatic heterocycles. The van der Waals surface area contributed by atoms with Gasteiger partial charge in [-0.05, 0) is 31.9 Å². The van der Waals surface area contributed by atoms with Gasteiger partial charge in [0.15, 0.2) is 4.34 Å². The molecule has 0 aliphatic heterocycles. The summed E-state index contributed by atoms with van der Waals surface area (Å²) < 4.78 is 0.823. The highest BCUT2D eigenvalue weighted by Crippen LogP contribution is 2.31. The molecule has 0 saturated heterocycles. The van der Waals surface area contributed by atoms with Crippen LogP contribution in [-0.2, 0) is 4.79 Å². The standard InChI is InChI=1S/C17H22N4OS2/c1-12(15(22)18-13-8-4-2-5-9-13)23-17-21-20-16(24-17)19-14-10-6-3-7-11-14/h2,4-5,8-9,12,14H,3,6-7,10-11H2,1H3,(H,18,22)(H,19,20). The lowest BCUT2D eigenvalue weighted by atomic mass is 9.96. The van der Waals surface area contributed by atoms with Crippen LogP contribution in [0.4, 0.5) is 10.8 Å². The third kappa shape index (κ3) is 4.95. The molecule has 7 heteroatoms. The van der Waals surface area contributed by atoms with E-state index in [0.29, 0.717) is 6.04 Å². The lowest BCUT2D eigenvalue weighted by Crippen LogP contribution is -2.22. The molecule has 24 heavy (non-hydrogen) atoms. The van der Waals surface area contributed by atoms with Gasteiger partial charge in [0.05, 0.1) is 5.25 Å². The molecule has 2 N–H and O–H groups in total. The van der Waals surface area contributed by atoms with E-state index in [0.717, 1.165) is 15.2 Å². The summed E-state index contributed by atoms with van der Waals surface area (Å²) in [6.07, 6.45) is 6.32. The molecule has 1 atom stereocenters. The maximum atomic E-state index is 12.2. The summed E-state index contributed by atoms with van der Waals surface area (Å²) in [6, 6.07) is 10.0. The van der Waals surface area contributed by atoms with Crippen molar-refractivity contribution in [2.75, 3.05) is 10.6 Å². The van der Waals surface area contributed by atoms with E-state index in [2.05, 4.69) is 20.8 Å². The lowest BCUT2D eigenvalue weighted by Gasteiger charge is -2.21. The van der Waals surface area contributed by atoms with Crippen molar-refractivity contribution in [2.24, 2.45) is 0 Å². The molecule has 128 valence electrons. The molecule has 1 aromatic carbocycles. The fourth-order valence-electron chi connectivity index (χ4n) is 2.71. The van der Waals surface area contributed by atoms with Gasteiger partial charge in [0, 0.05) is 11.7 Å². The summed E-state index contributed by atoms with van der Waals surface area (Å²) in [7, 11) is 0. The normalized spacial score (nSPS) is 16.5. The molecule has 1 unspecified atom stereocenters. The smallest absolute Gasteiger partial charge is 0.237 e. The van der Waals surface area contributed by atoms with Crippen molar-refractivity contribution < 1.29 is 4.79 Å². The molecule has 2 aromatic rings. The number of para-hydroxylation sites is 1. The van der Waals surface area contributed by atoms with Crippen LogP contribution in [0.25, 0.3) is 0 Å². The van der Waals surface area contributed by atoms with Crippen molar-refractivity contribution >= 4 is 39.8 Å². The van der Waals surface area contributed by atoms with Crippen molar-refractivity contribution in [2.45, 2.75) is 54.7 Å². The Morgan fingerprint density at radius 2 is 1.96 bits per heavy atom. The van der Waals surface area contributed by atoms with Crippen LogP contribution in [0.5, 0.6) is 0 Å². The third-order valence-corrected chi connectivity index (χ3v) is 6.07. The van der Waals surface area contributed by atoms with Crippen molar-refractivity contribution in [1.29, 1.82) is 0 Å². The fraction of sp³-hybridized carbons (Fsp3) is 0.471. The highest BCUT2D eigenvalue weighted by molar-refractivity contribution is 8.02. The van der Waals surface area contributed by atoms with Crippen molar-refractivity contribution in [3.8, 4) is 0 Å². The largest absolute Gasteiger partial charge is 0.357 e. The van der Waals surface area contributed by atoms with E-state index < -0.39 is 0 Å².